The second-order valence-corrected chi connectivity index (χ2v) is 9.90. The third-order valence-electron chi connectivity index (χ3n) is 6.09. The number of ether oxygens (including phenoxy) is 1. The Morgan fingerprint density at radius 2 is 1.37 bits per heavy atom. The molecule has 0 aliphatic heterocycles. The van der Waals surface area contributed by atoms with Gasteiger partial charge in [0.15, 0.2) is 0 Å². The zero-order valence-corrected chi connectivity index (χ0v) is 22.2. The van der Waals surface area contributed by atoms with Crippen molar-refractivity contribution in [2.24, 2.45) is 11.8 Å². The molecule has 0 saturated carbocycles. The Kier molecular flexibility index (Phi) is 10.5. The zero-order chi connectivity index (χ0) is 27.5. The van der Waals surface area contributed by atoms with Gasteiger partial charge in [-0.15, -0.1) is 0 Å². The maximum atomic E-state index is 13.2. The van der Waals surface area contributed by atoms with Gasteiger partial charge in [-0.2, -0.15) is 0 Å². The molecule has 3 aromatic rings. The van der Waals surface area contributed by atoms with Gasteiger partial charge in [-0.25, -0.2) is 9.59 Å². The first-order valence-corrected chi connectivity index (χ1v) is 12.9. The van der Waals surface area contributed by atoms with E-state index in [1.807, 2.05) is 98.8 Å². The maximum Gasteiger partial charge on any atom is 0.326 e. The number of hydrogen-bond acceptors (Lipinski definition) is 4. The summed E-state index contributed by atoms with van der Waals surface area (Å²) < 4.78 is 5.42. The van der Waals surface area contributed by atoms with Crippen LogP contribution in [0.15, 0.2) is 84.9 Å². The molecule has 2 atom stereocenters. The Morgan fingerprint density at radius 3 is 1.95 bits per heavy atom. The summed E-state index contributed by atoms with van der Waals surface area (Å²) in [6.45, 7) is 6.28. The highest BCUT2D eigenvalue weighted by Crippen LogP contribution is 2.20. The summed E-state index contributed by atoms with van der Waals surface area (Å²) in [6.07, 6.45) is 0.139. The van der Waals surface area contributed by atoms with E-state index >= 15 is 0 Å². The number of nitrogens with zero attached hydrogens (tertiary/aromatic N) is 1. The highest BCUT2D eigenvalue weighted by molar-refractivity contribution is 5.83. The summed E-state index contributed by atoms with van der Waals surface area (Å²) in [6, 6.07) is 25.3. The van der Waals surface area contributed by atoms with Crippen LogP contribution in [0.1, 0.15) is 31.9 Å². The SMILES string of the molecule is CC(C)CN(CC(C)C(=O)OCc1ccccc1)C(=O)N[C@@H](Cc1ccc(-c2ccccc2)cc1)C(=O)O. The number of benzene rings is 3. The number of carbonyl (C=O) groups excluding carboxylic acids is 2. The molecule has 0 aliphatic rings. The monoisotopic (exact) mass is 516 g/mol. The van der Waals surface area contributed by atoms with Crippen molar-refractivity contribution in [1.29, 1.82) is 0 Å². The molecule has 0 aromatic heterocycles. The Bertz CT molecular complexity index is 1180. The third-order valence-corrected chi connectivity index (χ3v) is 6.09. The molecular formula is C31H36N2O5. The van der Waals surface area contributed by atoms with Gasteiger partial charge in [0.05, 0.1) is 5.92 Å². The van der Waals surface area contributed by atoms with Gasteiger partial charge < -0.3 is 20.1 Å². The Morgan fingerprint density at radius 1 is 0.789 bits per heavy atom. The van der Waals surface area contributed by atoms with Crippen LogP contribution in [0.3, 0.4) is 0 Å². The largest absolute Gasteiger partial charge is 0.480 e. The molecule has 0 aliphatic carbocycles. The number of urea groups is 1. The quantitative estimate of drug-likeness (QED) is 0.315. The van der Waals surface area contributed by atoms with Gasteiger partial charge in [-0.1, -0.05) is 106 Å². The van der Waals surface area contributed by atoms with Crippen molar-refractivity contribution in [3.05, 3.63) is 96.1 Å². The topological polar surface area (TPSA) is 95.9 Å². The number of hydrogen-bond donors (Lipinski definition) is 2. The number of carboxylic acids is 1. The van der Waals surface area contributed by atoms with E-state index in [2.05, 4.69) is 5.32 Å². The van der Waals surface area contributed by atoms with Gasteiger partial charge in [0.1, 0.15) is 12.6 Å². The summed E-state index contributed by atoms with van der Waals surface area (Å²) in [4.78, 5) is 39.3. The van der Waals surface area contributed by atoms with E-state index in [1.165, 1.54) is 4.90 Å². The maximum absolute atomic E-state index is 13.2. The molecule has 3 rings (SSSR count). The Balaban J connectivity index is 1.61. The van der Waals surface area contributed by atoms with E-state index in [4.69, 9.17) is 4.74 Å². The summed E-state index contributed by atoms with van der Waals surface area (Å²) in [5, 5.41) is 12.5. The van der Waals surface area contributed by atoms with Gasteiger partial charge in [0, 0.05) is 19.5 Å². The standard InChI is InChI=1S/C31H36N2O5/c1-22(2)19-33(20-23(3)30(36)38-21-25-10-6-4-7-11-25)31(37)32-28(29(34)35)18-24-14-16-27(17-15-24)26-12-8-5-9-13-26/h4-17,22-23,28H,18-21H2,1-3H3,(H,32,37)(H,34,35)/t23?,28-/m0/s1. The molecule has 2 N–H and O–H groups in total. The van der Waals surface area contributed by atoms with Crippen molar-refractivity contribution in [2.75, 3.05) is 13.1 Å². The van der Waals surface area contributed by atoms with Gasteiger partial charge in [0.2, 0.25) is 0 Å². The fourth-order valence-corrected chi connectivity index (χ4v) is 4.10. The second kappa shape index (κ2) is 14.0. The normalized spacial score (nSPS) is 12.4. The van der Waals surface area contributed by atoms with E-state index in [0.717, 1.165) is 22.3 Å². The Hall–Kier alpha value is -4.13. The summed E-state index contributed by atoms with van der Waals surface area (Å²) in [7, 11) is 0. The summed E-state index contributed by atoms with van der Waals surface area (Å²) in [5.41, 5.74) is 3.78. The number of rotatable bonds is 12. The predicted octanol–water partition coefficient (Wildman–Crippen LogP) is 5.40. The molecule has 1 unspecified atom stereocenters. The van der Waals surface area contributed by atoms with Gasteiger partial charge in [0.25, 0.3) is 0 Å². The van der Waals surface area contributed by atoms with Crippen molar-refractivity contribution in [1.82, 2.24) is 10.2 Å². The molecule has 0 saturated heterocycles. The van der Waals surface area contributed by atoms with Crippen molar-refractivity contribution in [3.8, 4) is 11.1 Å². The third kappa shape index (κ3) is 8.76. The molecule has 38 heavy (non-hydrogen) atoms. The van der Waals surface area contributed by atoms with Crippen LogP contribution in [-0.2, 0) is 27.4 Å². The molecule has 7 heteroatoms. The number of carboxylic acid groups (broad SMARTS) is 1. The van der Waals surface area contributed by atoms with Crippen LogP contribution in [0, 0.1) is 11.8 Å². The lowest BCUT2D eigenvalue weighted by molar-refractivity contribution is -0.149. The first-order chi connectivity index (χ1) is 18.2. The molecule has 3 aromatic carbocycles. The Labute approximate surface area is 224 Å². The summed E-state index contributed by atoms with van der Waals surface area (Å²) in [5.74, 6) is -1.98. The number of esters is 1. The van der Waals surface area contributed by atoms with Gasteiger partial charge in [-0.3, -0.25) is 4.79 Å². The molecule has 2 amide bonds. The van der Waals surface area contributed by atoms with Crippen LogP contribution in [-0.4, -0.2) is 47.1 Å². The average molecular weight is 517 g/mol. The lowest BCUT2D eigenvalue weighted by atomic mass is 10.0. The van der Waals surface area contributed by atoms with Crippen molar-refractivity contribution < 1.29 is 24.2 Å². The van der Waals surface area contributed by atoms with Crippen molar-refractivity contribution in [3.63, 3.8) is 0 Å². The van der Waals surface area contributed by atoms with E-state index in [-0.39, 0.29) is 25.5 Å². The fraction of sp³-hybridized carbons (Fsp3) is 0.323. The molecule has 0 bridgehead atoms. The van der Waals surface area contributed by atoms with E-state index < -0.39 is 29.9 Å². The lowest BCUT2D eigenvalue weighted by Gasteiger charge is -2.28. The van der Waals surface area contributed by atoms with Crippen LogP contribution in [0.2, 0.25) is 0 Å². The molecule has 0 spiro atoms. The van der Waals surface area contributed by atoms with Gasteiger partial charge >= 0.3 is 18.0 Å². The van der Waals surface area contributed by atoms with Crippen LogP contribution in [0.4, 0.5) is 4.79 Å². The van der Waals surface area contributed by atoms with Crippen LogP contribution in [0.25, 0.3) is 11.1 Å². The number of carbonyl (C=O) groups is 3. The lowest BCUT2D eigenvalue weighted by Crippen LogP contribution is -2.51. The molecular weight excluding hydrogens is 480 g/mol. The van der Waals surface area contributed by atoms with Crippen LogP contribution >= 0.6 is 0 Å². The minimum absolute atomic E-state index is 0.121. The number of amides is 2. The number of nitrogens with one attached hydrogen (secondary N) is 1. The number of aliphatic carboxylic acids is 1. The fourth-order valence-electron chi connectivity index (χ4n) is 4.10. The van der Waals surface area contributed by atoms with E-state index in [0.29, 0.717) is 6.54 Å². The minimum atomic E-state index is -1.12. The summed E-state index contributed by atoms with van der Waals surface area (Å²) >= 11 is 0. The van der Waals surface area contributed by atoms with Crippen LogP contribution in [0.5, 0.6) is 0 Å². The van der Waals surface area contributed by atoms with E-state index in [9.17, 15) is 19.5 Å². The van der Waals surface area contributed by atoms with Crippen molar-refractivity contribution in [2.45, 2.75) is 39.8 Å². The smallest absolute Gasteiger partial charge is 0.326 e. The van der Waals surface area contributed by atoms with Gasteiger partial charge in [-0.05, 0) is 28.2 Å². The molecule has 0 radical (unpaired) electrons. The molecule has 0 fully saturated rings. The predicted molar refractivity (Wildman–Crippen MR) is 147 cm³/mol. The first-order valence-electron chi connectivity index (χ1n) is 12.9. The molecule has 200 valence electrons. The van der Waals surface area contributed by atoms with Crippen molar-refractivity contribution >= 4 is 18.0 Å². The highest BCUT2D eigenvalue weighted by Gasteiger charge is 2.27. The average Bonchev–Trinajstić information content (AvgIpc) is 2.92. The zero-order valence-electron chi connectivity index (χ0n) is 22.2. The second-order valence-electron chi connectivity index (χ2n) is 9.90. The molecule has 0 heterocycles. The van der Waals surface area contributed by atoms with Crippen LogP contribution < -0.4 is 5.32 Å². The highest BCUT2D eigenvalue weighted by atomic mass is 16.5. The van der Waals surface area contributed by atoms with E-state index in [1.54, 1.807) is 6.92 Å². The first kappa shape index (κ1) is 28.4. The minimum Gasteiger partial charge on any atom is -0.480 e. The molecule has 7 nitrogen and oxygen atoms in total.